The summed E-state index contributed by atoms with van der Waals surface area (Å²) in [6, 6.07) is 8.20. The molecule has 1 aliphatic rings. The molecule has 0 aromatic heterocycles. The third-order valence-corrected chi connectivity index (χ3v) is 4.06. The fourth-order valence-electron chi connectivity index (χ4n) is 2.86. The Morgan fingerprint density at radius 2 is 2.11 bits per heavy atom. The van der Waals surface area contributed by atoms with Crippen molar-refractivity contribution in [2.45, 2.75) is 51.6 Å². The highest BCUT2D eigenvalue weighted by Gasteiger charge is 2.37. The highest BCUT2D eigenvalue weighted by atomic mass is 16.2. The number of carbonyl (C=O) groups excluding carboxylic acids is 1. The van der Waals surface area contributed by atoms with E-state index in [4.69, 9.17) is 5.73 Å². The molecule has 19 heavy (non-hydrogen) atoms. The second-order valence-electron chi connectivity index (χ2n) is 6.03. The number of aryl methyl sites for hydroxylation is 1. The zero-order valence-electron chi connectivity index (χ0n) is 11.9. The summed E-state index contributed by atoms with van der Waals surface area (Å²) in [5.41, 5.74) is 7.95. The van der Waals surface area contributed by atoms with Gasteiger partial charge in [0.05, 0.1) is 5.54 Å². The maximum Gasteiger partial charge on any atom is 0.240 e. The number of amides is 1. The molecule has 1 aromatic rings. The summed E-state index contributed by atoms with van der Waals surface area (Å²) in [5.74, 6) is 0.545. The molecule has 3 nitrogen and oxygen atoms in total. The van der Waals surface area contributed by atoms with Crippen molar-refractivity contribution in [2.24, 2.45) is 11.7 Å². The lowest BCUT2D eigenvalue weighted by Crippen LogP contribution is -2.56. The second kappa shape index (κ2) is 5.74. The molecule has 1 amide bonds. The van der Waals surface area contributed by atoms with Crippen LogP contribution in [0.3, 0.4) is 0 Å². The summed E-state index contributed by atoms with van der Waals surface area (Å²) in [4.78, 5) is 12.3. The van der Waals surface area contributed by atoms with E-state index in [0.29, 0.717) is 12.5 Å². The summed E-state index contributed by atoms with van der Waals surface area (Å²) in [6.07, 6.45) is 3.84. The molecule has 1 fully saturated rings. The average Bonchev–Trinajstić information content (AvgIpc) is 2.37. The molecule has 0 saturated heterocycles. The fraction of sp³-hybridized carbons (Fsp3) is 0.562. The summed E-state index contributed by atoms with van der Waals surface area (Å²) in [6.45, 7) is 4.79. The van der Waals surface area contributed by atoms with Gasteiger partial charge in [-0.15, -0.1) is 0 Å². The normalized spacial score (nSPS) is 27.0. The van der Waals surface area contributed by atoms with Crippen molar-refractivity contribution in [3.05, 3.63) is 35.4 Å². The van der Waals surface area contributed by atoms with Gasteiger partial charge in [-0.05, 0) is 31.2 Å². The maximum absolute atomic E-state index is 12.3. The zero-order valence-corrected chi connectivity index (χ0v) is 11.9. The summed E-state index contributed by atoms with van der Waals surface area (Å²) >= 11 is 0. The Labute approximate surface area is 115 Å². The van der Waals surface area contributed by atoms with Crippen LogP contribution in [0.1, 0.15) is 43.7 Å². The van der Waals surface area contributed by atoms with Gasteiger partial charge in [0, 0.05) is 6.54 Å². The van der Waals surface area contributed by atoms with Gasteiger partial charge in [-0.25, -0.2) is 0 Å². The number of nitrogens with one attached hydrogen (secondary N) is 1. The van der Waals surface area contributed by atoms with Gasteiger partial charge in [0.25, 0.3) is 0 Å². The van der Waals surface area contributed by atoms with E-state index in [1.165, 1.54) is 12.0 Å². The number of nitrogens with two attached hydrogens (primary N) is 1. The smallest absolute Gasteiger partial charge is 0.240 e. The molecular weight excluding hydrogens is 236 g/mol. The van der Waals surface area contributed by atoms with Crippen LogP contribution in [0, 0.1) is 12.8 Å². The van der Waals surface area contributed by atoms with Crippen LogP contribution in [0.25, 0.3) is 0 Å². The lowest BCUT2D eigenvalue weighted by Gasteiger charge is -2.35. The lowest BCUT2D eigenvalue weighted by molar-refractivity contribution is -0.128. The molecule has 2 unspecified atom stereocenters. The predicted octanol–water partition coefficient (Wildman–Crippen LogP) is 2.52. The molecule has 104 valence electrons. The number of carbonyl (C=O) groups is 1. The molecule has 0 heterocycles. The number of rotatable bonds is 3. The number of hydrogen-bond donors (Lipinski definition) is 2. The van der Waals surface area contributed by atoms with Crippen molar-refractivity contribution in [2.75, 3.05) is 0 Å². The van der Waals surface area contributed by atoms with Gasteiger partial charge in [-0.1, -0.05) is 49.6 Å². The van der Waals surface area contributed by atoms with E-state index in [1.54, 1.807) is 0 Å². The van der Waals surface area contributed by atoms with Crippen molar-refractivity contribution >= 4 is 5.91 Å². The summed E-state index contributed by atoms with van der Waals surface area (Å²) in [7, 11) is 0. The lowest BCUT2D eigenvalue weighted by atomic mass is 9.76. The van der Waals surface area contributed by atoms with E-state index in [9.17, 15) is 4.79 Å². The molecule has 0 bridgehead atoms. The number of benzene rings is 1. The molecule has 2 rings (SSSR count). The highest BCUT2D eigenvalue weighted by Crippen LogP contribution is 2.30. The minimum Gasteiger partial charge on any atom is -0.350 e. The average molecular weight is 260 g/mol. The maximum atomic E-state index is 12.3. The predicted molar refractivity (Wildman–Crippen MR) is 77.6 cm³/mol. The molecule has 0 spiro atoms. The molecule has 3 N–H and O–H groups in total. The first-order chi connectivity index (χ1) is 8.99. The molecule has 0 aliphatic heterocycles. The van der Waals surface area contributed by atoms with Gasteiger partial charge in [0.2, 0.25) is 5.91 Å². The first-order valence-electron chi connectivity index (χ1n) is 7.12. The van der Waals surface area contributed by atoms with E-state index in [0.717, 1.165) is 24.8 Å². The topological polar surface area (TPSA) is 55.1 Å². The molecule has 2 atom stereocenters. The van der Waals surface area contributed by atoms with Crippen LogP contribution < -0.4 is 11.1 Å². The Hall–Kier alpha value is -1.35. The molecule has 3 heteroatoms. The summed E-state index contributed by atoms with van der Waals surface area (Å²) < 4.78 is 0. The van der Waals surface area contributed by atoms with Gasteiger partial charge in [0.1, 0.15) is 0 Å². The molecule has 1 aliphatic carbocycles. The highest BCUT2D eigenvalue weighted by molar-refractivity contribution is 5.86. The second-order valence-corrected chi connectivity index (χ2v) is 6.03. The molecular formula is C16H24N2O. The van der Waals surface area contributed by atoms with Crippen LogP contribution in [0.4, 0.5) is 0 Å². The Bertz CT molecular complexity index is 441. The van der Waals surface area contributed by atoms with Crippen LogP contribution in [0.15, 0.2) is 24.3 Å². The van der Waals surface area contributed by atoms with Gasteiger partial charge < -0.3 is 11.1 Å². The van der Waals surface area contributed by atoms with Crippen LogP contribution >= 0.6 is 0 Å². The Morgan fingerprint density at radius 1 is 1.42 bits per heavy atom. The Morgan fingerprint density at radius 3 is 2.74 bits per heavy atom. The zero-order chi connectivity index (χ0) is 13.9. The van der Waals surface area contributed by atoms with Crippen LogP contribution in [0.5, 0.6) is 0 Å². The monoisotopic (exact) mass is 260 g/mol. The van der Waals surface area contributed by atoms with Crippen LogP contribution in [-0.4, -0.2) is 11.4 Å². The molecule has 0 radical (unpaired) electrons. The van der Waals surface area contributed by atoms with Crippen molar-refractivity contribution in [3.63, 3.8) is 0 Å². The van der Waals surface area contributed by atoms with Gasteiger partial charge in [0.15, 0.2) is 0 Å². The number of hydrogen-bond acceptors (Lipinski definition) is 2. The van der Waals surface area contributed by atoms with Gasteiger partial charge in [-0.2, -0.15) is 0 Å². The Balaban J connectivity index is 1.91. The third kappa shape index (κ3) is 3.57. The van der Waals surface area contributed by atoms with Crippen molar-refractivity contribution in [3.8, 4) is 0 Å². The van der Waals surface area contributed by atoms with Gasteiger partial charge in [-0.3, -0.25) is 4.79 Å². The van der Waals surface area contributed by atoms with E-state index < -0.39 is 5.54 Å². The third-order valence-electron chi connectivity index (χ3n) is 4.06. The summed E-state index contributed by atoms with van der Waals surface area (Å²) in [5, 5.41) is 2.99. The van der Waals surface area contributed by atoms with Crippen LogP contribution in [-0.2, 0) is 11.3 Å². The minimum atomic E-state index is -0.664. The van der Waals surface area contributed by atoms with E-state index in [-0.39, 0.29) is 5.91 Å². The van der Waals surface area contributed by atoms with E-state index in [2.05, 4.69) is 31.3 Å². The van der Waals surface area contributed by atoms with Crippen LogP contribution in [0.2, 0.25) is 0 Å². The van der Waals surface area contributed by atoms with Crippen molar-refractivity contribution in [1.82, 2.24) is 5.32 Å². The first kappa shape index (κ1) is 14.1. The fourth-order valence-corrected chi connectivity index (χ4v) is 2.86. The van der Waals surface area contributed by atoms with Crippen molar-refractivity contribution < 1.29 is 4.79 Å². The van der Waals surface area contributed by atoms with Gasteiger partial charge >= 0.3 is 0 Å². The standard InChI is InChI=1S/C16H24N2O/c1-12-5-7-14(8-6-12)11-18-15(19)16(17)9-3-4-13(2)10-16/h5-8,13H,3-4,9-11,17H2,1-2H3,(H,18,19). The quantitative estimate of drug-likeness (QED) is 0.877. The minimum absolute atomic E-state index is 0.000347. The molecule has 1 aromatic carbocycles. The molecule has 1 saturated carbocycles. The Kier molecular flexibility index (Phi) is 4.25. The van der Waals surface area contributed by atoms with Crippen molar-refractivity contribution in [1.29, 1.82) is 0 Å². The first-order valence-corrected chi connectivity index (χ1v) is 7.12. The van der Waals surface area contributed by atoms with E-state index in [1.807, 2.05) is 12.1 Å². The SMILES string of the molecule is Cc1ccc(CNC(=O)C2(N)CCCC(C)C2)cc1. The van der Waals surface area contributed by atoms with E-state index >= 15 is 0 Å². The largest absolute Gasteiger partial charge is 0.350 e.